The minimum absolute atomic E-state index is 0.379. The first kappa shape index (κ1) is 19.6. The van der Waals surface area contributed by atoms with E-state index in [1.807, 2.05) is 58.9 Å². The molecule has 3 nitrogen and oxygen atoms in total. The maximum atomic E-state index is 15.2. The van der Waals surface area contributed by atoms with Crippen LogP contribution in [0, 0.1) is 0 Å². The van der Waals surface area contributed by atoms with Crippen molar-refractivity contribution in [3.05, 3.63) is 40.0 Å². The van der Waals surface area contributed by atoms with Crippen LogP contribution < -0.4 is 0 Å². The summed E-state index contributed by atoms with van der Waals surface area (Å²) in [5.41, 5.74) is -0.144. The molecule has 1 aromatic rings. The van der Waals surface area contributed by atoms with Gasteiger partial charge in [0.2, 0.25) is 0 Å². The van der Waals surface area contributed by atoms with Crippen LogP contribution in [0.15, 0.2) is 34.5 Å². The predicted molar refractivity (Wildman–Crippen MR) is 99.4 cm³/mol. The molecule has 24 heavy (non-hydrogen) atoms. The highest BCUT2D eigenvalue weighted by Gasteiger charge is 2.53. The van der Waals surface area contributed by atoms with Crippen LogP contribution in [0.25, 0.3) is 5.57 Å². The van der Waals surface area contributed by atoms with Crippen LogP contribution in [0.1, 0.15) is 46.6 Å². The van der Waals surface area contributed by atoms with E-state index >= 15 is 4.39 Å². The molecule has 1 aromatic carbocycles. The Balaban J connectivity index is 2.33. The average molecular weight is 399 g/mol. The molecule has 1 saturated heterocycles. The van der Waals surface area contributed by atoms with E-state index in [0.29, 0.717) is 25.2 Å². The summed E-state index contributed by atoms with van der Waals surface area (Å²) in [6.07, 6.45) is 0.464. The lowest BCUT2D eigenvalue weighted by Crippen LogP contribution is -2.41. The lowest BCUT2D eigenvalue weighted by atomic mass is 9.82. The molecule has 0 saturated carbocycles. The Labute approximate surface area is 152 Å². The smallest absolute Gasteiger partial charge is 0.398 e. The van der Waals surface area contributed by atoms with Crippen LogP contribution >= 0.6 is 15.9 Å². The zero-order chi connectivity index (χ0) is 18.0. The largest absolute Gasteiger partial charge is 0.525 e. The summed E-state index contributed by atoms with van der Waals surface area (Å²) >= 11 is 3.41. The van der Waals surface area contributed by atoms with Gasteiger partial charge in [-0.05, 0) is 64.3 Å². The zero-order valence-electron chi connectivity index (χ0n) is 15.0. The molecule has 2 rings (SSSR count). The van der Waals surface area contributed by atoms with Gasteiger partial charge in [-0.2, -0.15) is 0 Å². The molecule has 6 heteroatoms. The highest BCUT2D eigenvalue weighted by molar-refractivity contribution is 9.10. The van der Waals surface area contributed by atoms with E-state index in [2.05, 4.69) is 15.9 Å². The molecule has 1 aliphatic rings. The normalized spacial score (nSPS) is 20.2. The number of benzene rings is 1. The van der Waals surface area contributed by atoms with Crippen LogP contribution in [0.3, 0.4) is 0 Å². The van der Waals surface area contributed by atoms with E-state index in [0.717, 1.165) is 10.0 Å². The second kappa shape index (κ2) is 7.69. The van der Waals surface area contributed by atoms with Gasteiger partial charge in [0.1, 0.15) is 5.73 Å². The summed E-state index contributed by atoms with van der Waals surface area (Å²) in [6.45, 7) is 10.6. The Hall–Kier alpha value is -0.685. The molecule has 0 spiro atoms. The Morgan fingerprint density at radius 2 is 1.67 bits per heavy atom. The van der Waals surface area contributed by atoms with Gasteiger partial charge in [0.25, 0.3) is 0 Å². The van der Waals surface area contributed by atoms with E-state index in [4.69, 9.17) is 14.0 Å². The number of halogens is 2. The first-order valence-corrected chi connectivity index (χ1v) is 9.05. The summed E-state index contributed by atoms with van der Waals surface area (Å²) in [6, 6.07) is 7.56. The Morgan fingerprint density at radius 3 is 2.17 bits per heavy atom. The second-order valence-electron chi connectivity index (χ2n) is 6.87. The zero-order valence-corrected chi connectivity index (χ0v) is 16.6. The first-order valence-electron chi connectivity index (χ1n) is 8.26. The standard InChI is InChI=1S/C18H25BBrFO3/c1-6-22-12-11-15(13-7-9-14(20)10-8-13)16(21)19-23-17(2,3)18(4,5)24-19/h7-10H,6,11-12H2,1-5H3. The second-order valence-corrected chi connectivity index (χ2v) is 7.78. The Kier molecular flexibility index (Phi) is 6.29. The van der Waals surface area contributed by atoms with Crippen LogP contribution in [-0.4, -0.2) is 31.5 Å². The van der Waals surface area contributed by atoms with E-state index in [1.54, 1.807) is 0 Å². The SMILES string of the molecule is CCOCCC(=C(F)B1OC(C)(C)C(C)(C)O1)c1ccc(Br)cc1. The van der Waals surface area contributed by atoms with Crippen molar-refractivity contribution >= 4 is 28.6 Å². The van der Waals surface area contributed by atoms with E-state index in [9.17, 15) is 0 Å². The van der Waals surface area contributed by atoms with Gasteiger partial charge in [-0.25, -0.2) is 4.39 Å². The molecular weight excluding hydrogens is 374 g/mol. The first-order chi connectivity index (χ1) is 11.2. The third kappa shape index (κ3) is 4.28. The molecule has 0 atom stereocenters. The van der Waals surface area contributed by atoms with Crippen molar-refractivity contribution in [2.24, 2.45) is 0 Å². The lowest BCUT2D eigenvalue weighted by Gasteiger charge is -2.32. The summed E-state index contributed by atoms with van der Waals surface area (Å²) in [4.78, 5) is 0. The van der Waals surface area contributed by atoms with Crippen molar-refractivity contribution in [3.8, 4) is 0 Å². The fraction of sp³-hybridized carbons (Fsp3) is 0.556. The molecule has 0 amide bonds. The highest BCUT2D eigenvalue weighted by Crippen LogP contribution is 2.40. The topological polar surface area (TPSA) is 27.7 Å². The molecule has 0 N–H and O–H groups in total. The number of hydrogen-bond acceptors (Lipinski definition) is 3. The van der Waals surface area contributed by atoms with Crippen molar-refractivity contribution in [1.82, 2.24) is 0 Å². The van der Waals surface area contributed by atoms with E-state index in [1.165, 1.54) is 0 Å². The van der Waals surface area contributed by atoms with Crippen LogP contribution in [-0.2, 0) is 14.0 Å². The molecule has 0 aliphatic carbocycles. The minimum atomic E-state index is -0.990. The summed E-state index contributed by atoms with van der Waals surface area (Å²) in [7, 11) is -0.990. The van der Waals surface area contributed by atoms with Crippen molar-refractivity contribution in [2.45, 2.75) is 52.2 Å². The summed E-state index contributed by atoms with van der Waals surface area (Å²) < 4.78 is 33.3. The molecule has 0 bridgehead atoms. The van der Waals surface area contributed by atoms with Gasteiger partial charge >= 0.3 is 7.12 Å². The third-order valence-corrected chi connectivity index (χ3v) is 5.17. The average Bonchev–Trinajstić information content (AvgIpc) is 2.73. The molecular formula is C18H25BBrFO3. The van der Waals surface area contributed by atoms with Gasteiger partial charge in [0.05, 0.1) is 17.8 Å². The third-order valence-electron chi connectivity index (χ3n) is 4.64. The Bertz CT molecular complexity index is 583. The molecule has 1 fully saturated rings. The van der Waals surface area contributed by atoms with Crippen LogP contribution in [0.4, 0.5) is 4.39 Å². The molecule has 0 aromatic heterocycles. The van der Waals surface area contributed by atoms with Crippen molar-refractivity contribution < 1.29 is 18.4 Å². The quantitative estimate of drug-likeness (QED) is 0.487. The van der Waals surface area contributed by atoms with Crippen molar-refractivity contribution in [1.29, 1.82) is 0 Å². The molecule has 0 radical (unpaired) electrons. The minimum Gasteiger partial charge on any atom is -0.398 e. The number of ether oxygens (including phenoxy) is 1. The van der Waals surface area contributed by atoms with Crippen molar-refractivity contribution in [2.75, 3.05) is 13.2 Å². The fourth-order valence-corrected chi connectivity index (χ4v) is 2.72. The lowest BCUT2D eigenvalue weighted by molar-refractivity contribution is 0.00578. The molecule has 1 heterocycles. The van der Waals surface area contributed by atoms with Gasteiger partial charge in [0, 0.05) is 11.1 Å². The highest BCUT2D eigenvalue weighted by atomic mass is 79.9. The maximum absolute atomic E-state index is 15.2. The van der Waals surface area contributed by atoms with Crippen LogP contribution in [0.2, 0.25) is 0 Å². The summed E-state index contributed by atoms with van der Waals surface area (Å²) in [5.74, 6) is 0. The number of rotatable bonds is 6. The van der Waals surface area contributed by atoms with E-state index < -0.39 is 18.3 Å². The van der Waals surface area contributed by atoms with Gasteiger partial charge in [-0.15, -0.1) is 0 Å². The monoisotopic (exact) mass is 398 g/mol. The molecule has 132 valence electrons. The number of hydrogen-bond donors (Lipinski definition) is 0. The fourth-order valence-electron chi connectivity index (χ4n) is 2.46. The van der Waals surface area contributed by atoms with Crippen LogP contribution in [0.5, 0.6) is 0 Å². The molecule has 0 unspecified atom stereocenters. The summed E-state index contributed by atoms with van der Waals surface area (Å²) in [5, 5.41) is 0. The van der Waals surface area contributed by atoms with Gasteiger partial charge in [-0.3, -0.25) is 0 Å². The Morgan fingerprint density at radius 1 is 1.12 bits per heavy atom. The van der Waals surface area contributed by atoms with Crippen molar-refractivity contribution in [3.63, 3.8) is 0 Å². The van der Waals surface area contributed by atoms with Gasteiger partial charge in [0.15, 0.2) is 0 Å². The predicted octanol–water partition coefficient (Wildman–Crippen LogP) is 5.19. The van der Waals surface area contributed by atoms with Gasteiger partial charge in [-0.1, -0.05) is 28.1 Å². The van der Waals surface area contributed by atoms with E-state index in [-0.39, 0.29) is 5.73 Å². The van der Waals surface area contributed by atoms with Gasteiger partial charge < -0.3 is 14.0 Å². The molecule has 1 aliphatic heterocycles. The maximum Gasteiger partial charge on any atom is 0.525 e.